The number of aromatic amines is 2. The normalized spacial score (nSPS) is 10.8. The van der Waals surface area contributed by atoms with Crippen molar-refractivity contribution in [3.8, 4) is 11.1 Å². The summed E-state index contributed by atoms with van der Waals surface area (Å²) < 4.78 is 0. The zero-order chi connectivity index (χ0) is 11.0. The van der Waals surface area contributed by atoms with E-state index in [2.05, 4.69) is 9.97 Å². The van der Waals surface area contributed by atoms with Crippen LogP contribution in [0.15, 0.2) is 53.5 Å². The number of nitrogens with one attached hydrogen (secondary N) is 2. The van der Waals surface area contributed by atoms with E-state index in [1.165, 1.54) is 0 Å². The van der Waals surface area contributed by atoms with Gasteiger partial charge in [0.1, 0.15) is 5.65 Å². The summed E-state index contributed by atoms with van der Waals surface area (Å²) in [6.07, 6.45) is 1.81. The van der Waals surface area contributed by atoms with E-state index in [0.717, 1.165) is 16.6 Å². The fraction of sp³-hybridized carbons (Fsp3) is 0. The molecule has 78 valence electrons. The van der Waals surface area contributed by atoms with Crippen LogP contribution in [-0.2, 0) is 0 Å². The number of fused-ring (bicyclic) bond motifs is 1. The summed E-state index contributed by atoms with van der Waals surface area (Å²) in [6.45, 7) is 0. The Morgan fingerprint density at radius 1 is 1.00 bits per heavy atom. The largest absolute Gasteiger partial charge is 0.348 e. The lowest BCUT2D eigenvalue weighted by Crippen LogP contribution is -2.08. The Hall–Kier alpha value is -2.29. The van der Waals surface area contributed by atoms with Crippen LogP contribution in [0.2, 0.25) is 0 Å². The first-order valence-electron chi connectivity index (χ1n) is 5.10. The van der Waals surface area contributed by atoms with Crippen LogP contribution in [0.1, 0.15) is 0 Å². The molecule has 0 atom stereocenters. The molecule has 16 heavy (non-hydrogen) atoms. The first-order chi connectivity index (χ1) is 7.84. The molecule has 1 aromatic carbocycles. The van der Waals surface area contributed by atoms with E-state index < -0.39 is 0 Å². The van der Waals surface area contributed by atoms with Crippen LogP contribution in [-0.4, -0.2) is 9.97 Å². The molecular weight excluding hydrogens is 200 g/mol. The second-order valence-corrected chi connectivity index (χ2v) is 3.69. The molecule has 3 heteroatoms. The van der Waals surface area contributed by atoms with E-state index >= 15 is 0 Å². The summed E-state index contributed by atoms with van der Waals surface area (Å²) >= 11 is 0. The predicted octanol–water partition coefficient (Wildman–Crippen LogP) is 2.52. The van der Waals surface area contributed by atoms with Gasteiger partial charge in [-0.15, -0.1) is 0 Å². The number of H-pyrrole nitrogens is 2. The molecule has 0 saturated heterocycles. The highest BCUT2D eigenvalue weighted by molar-refractivity contribution is 5.81. The average molecular weight is 210 g/mol. The quantitative estimate of drug-likeness (QED) is 0.637. The highest BCUT2D eigenvalue weighted by atomic mass is 16.1. The van der Waals surface area contributed by atoms with Crippen molar-refractivity contribution in [3.05, 3.63) is 59.0 Å². The summed E-state index contributed by atoms with van der Waals surface area (Å²) in [4.78, 5) is 17.7. The van der Waals surface area contributed by atoms with E-state index in [9.17, 15) is 4.79 Å². The molecule has 3 aromatic rings. The van der Waals surface area contributed by atoms with Crippen molar-refractivity contribution < 1.29 is 0 Å². The van der Waals surface area contributed by atoms with Crippen LogP contribution in [0.4, 0.5) is 0 Å². The third-order valence-corrected chi connectivity index (χ3v) is 2.65. The molecule has 0 radical (unpaired) electrons. The highest BCUT2D eigenvalue weighted by Crippen LogP contribution is 2.18. The lowest BCUT2D eigenvalue weighted by Gasteiger charge is -2.00. The van der Waals surface area contributed by atoms with Crippen molar-refractivity contribution in [1.82, 2.24) is 9.97 Å². The Labute approximate surface area is 91.8 Å². The molecular formula is C13H10N2O. The number of hydrogen-bond acceptors (Lipinski definition) is 1. The number of hydrogen-bond donors (Lipinski definition) is 2. The molecule has 0 aliphatic rings. The van der Waals surface area contributed by atoms with Gasteiger partial charge < -0.3 is 9.97 Å². The molecule has 0 aliphatic carbocycles. The van der Waals surface area contributed by atoms with Crippen LogP contribution >= 0.6 is 0 Å². The van der Waals surface area contributed by atoms with E-state index in [-0.39, 0.29) is 5.56 Å². The minimum Gasteiger partial charge on any atom is -0.348 e. The molecule has 3 nitrogen and oxygen atoms in total. The molecule has 0 saturated carbocycles. The van der Waals surface area contributed by atoms with Crippen molar-refractivity contribution >= 4 is 11.0 Å². The van der Waals surface area contributed by atoms with Crippen molar-refractivity contribution in [2.45, 2.75) is 0 Å². The highest BCUT2D eigenvalue weighted by Gasteiger charge is 2.04. The smallest absolute Gasteiger partial charge is 0.257 e. The van der Waals surface area contributed by atoms with E-state index in [0.29, 0.717) is 5.56 Å². The zero-order valence-corrected chi connectivity index (χ0v) is 8.53. The van der Waals surface area contributed by atoms with Gasteiger partial charge in [-0.05, 0) is 17.7 Å². The SMILES string of the molecule is O=c1[nH]c2[nH]ccc2cc1-c1ccccc1. The molecule has 0 amide bonds. The third-order valence-electron chi connectivity index (χ3n) is 2.65. The van der Waals surface area contributed by atoms with Crippen molar-refractivity contribution in [1.29, 1.82) is 0 Å². The van der Waals surface area contributed by atoms with E-state index in [1.807, 2.05) is 48.7 Å². The standard InChI is InChI=1S/C13H10N2O/c16-13-11(9-4-2-1-3-5-9)8-10-6-7-14-12(10)15-13/h1-8H,(H2,14,15,16). The van der Waals surface area contributed by atoms with Crippen molar-refractivity contribution in [2.24, 2.45) is 0 Å². The Kier molecular flexibility index (Phi) is 1.90. The molecule has 0 unspecified atom stereocenters. The summed E-state index contributed by atoms with van der Waals surface area (Å²) in [5.74, 6) is 0. The van der Waals surface area contributed by atoms with Crippen molar-refractivity contribution in [2.75, 3.05) is 0 Å². The van der Waals surface area contributed by atoms with Gasteiger partial charge >= 0.3 is 0 Å². The van der Waals surface area contributed by atoms with Gasteiger partial charge in [-0.1, -0.05) is 30.3 Å². The number of aromatic nitrogens is 2. The number of pyridine rings is 1. The third kappa shape index (κ3) is 1.34. The Morgan fingerprint density at radius 3 is 2.62 bits per heavy atom. The summed E-state index contributed by atoms with van der Waals surface area (Å²) in [5.41, 5.74) is 2.34. The molecule has 3 rings (SSSR count). The summed E-state index contributed by atoms with van der Waals surface area (Å²) in [7, 11) is 0. The van der Waals surface area contributed by atoms with Gasteiger partial charge in [-0.2, -0.15) is 0 Å². The van der Waals surface area contributed by atoms with Gasteiger partial charge in [-0.3, -0.25) is 4.79 Å². The first kappa shape index (κ1) is 8.97. The van der Waals surface area contributed by atoms with Crippen LogP contribution in [0.5, 0.6) is 0 Å². The minimum absolute atomic E-state index is 0.0684. The topological polar surface area (TPSA) is 48.6 Å². The molecule has 0 spiro atoms. The lowest BCUT2D eigenvalue weighted by molar-refractivity contribution is 1.26. The maximum atomic E-state index is 11.9. The maximum Gasteiger partial charge on any atom is 0.257 e. The Bertz CT molecular complexity index is 680. The lowest BCUT2D eigenvalue weighted by atomic mass is 10.1. The average Bonchev–Trinajstić information content (AvgIpc) is 2.76. The molecule has 2 aromatic heterocycles. The van der Waals surface area contributed by atoms with E-state index in [4.69, 9.17) is 0 Å². The van der Waals surface area contributed by atoms with Gasteiger partial charge in [-0.25, -0.2) is 0 Å². The fourth-order valence-electron chi connectivity index (χ4n) is 1.84. The fourth-order valence-corrected chi connectivity index (χ4v) is 1.84. The minimum atomic E-state index is -0.0684. The van der Waals surface area contributed by atoms with Gasteiger partial charge in [0.2, 0.25) is 0 Å². The molecule has 2 heterocycles. The second kappa shape index (κ2) is 3.38. The monoisotopic (exact) mass is 210 g/mol. The molecule has 2 N–H and O–H groups in total. The number of benzene rings is 1. The number of rotatable bonds is 1. The Morgan fingerprint density at radius 2 is 1.81 bits per heavy atom. The van der Waals surface area contributed by atoms with Crippen LogP contribution in [0.3, 0.4) is 0 Å². The van der Waals surface area contributed by atoms with Gasteiger partial charge in [0.25, 0.3) is 5.56 Å². The van der Waals surface area contributed by atoms with Gasteiger partial charge in [0.05, 0.1) is 0 Å². The maximum absolute atomic E-state index is 11.9. The van der Waals surface area contributed by atoms with Crippen molar-refractivity contribution in [3.63, 3.8) is 0 Å². The second-order valence-electron chi connectivity index (χ2n) is 3.69. The predicted molar refractivity (Wildman–Crippen MR) is 64.4 cm³/mol. The van der Waals surface area contributed by atoms with Crippen LogP contribution < -0.4 is 5.56 Å². The summed E-state index contributed by atoms with van der Waals surface area (Å²) in [6, 6.07) is 13.5. The van der Waals surface area contributed by atoms with Crippen LogP contribution in [0, 0.1) is 0 Å². The Balaban J connectivity index is 2.31. The molecule has 0 bridgehead atoms. The summed E-state index contributed by atoms with van der Waals surface area (Å²) in [5, 5.41) is 1.01. The molecule has 0 aliphatic heterocycles. The van der Waals surface area contributed by atoms with E-state index in [1.54, 1.807) is 0 Å². The zero-order valence-electron chi connectivity index (χ0n) is 8.53. The van der Waals surface area contributed by atoms with Gasteiger partial charge in [0, 0.05) is 17.1 Å². The van der Waals surface area contributed by atoms with Gasteiger partial charge in [0.15, 0.2) is 0 Å². The van der Waals surface area contributed by atoms with Crippen LogP contribution in [0.25, 0.3) is 22.2 Å². The first-order valence-corrected chi connectivity index (χ1v) is 5.10. The molecule has 0 fully saturated rings.